The zero-order chi connectivity index (χ0) is 25.9. The number of aromatic nitrogens is 1. The highest BCUT2D eigenvalue weighted by Gasteiger charge is 2.31. The second kappa shape index (κ2) is 10.2. The molecule has 1 aliphatic heterocycles. The summed E-state index contributed by atoms with van der Waals surface area (Å²) in [4.78, 5) is 20.4. The minimum absolute atomic E-state index is 0.000391. The number of nitrogens with one attached hydrogen (secondary N) is 1. The van der Waals surface area contributed by atoms with E-state index >= 15 is 0 Å². The van der Waals surface area contributed by atoms with E-state index in [1.807, 2.05) is 9.80 Å². The van der Waals surface area contributed by atoms with Crippen molar-refractivity contribution >= 4 is 11.6 Å². The van der Waals surface area contributed by atoms with Crippen molar-refractivity contribution in [1.29, 1.82) is 0 Å². The largest absolute Gasteiger partial charge is 0.447 e. The first kappa shape index (κ1) is 25.5. The molecule has 1 amide bonds. The van der Waals surface area contributed by atoms with E-state index < -0.39 is 29.4 Å². The molecule has 3 aromatic rings. The number of anilines is 1. The van der Waals surface area contributed by atoms with Crippen molar-refractivity contribution in [3.05, 3.63) is 83.1 Å². The van der Waals surface area contributed by atoms with E-state index in [2.05, 4.69) is 10.3 Å². The fourth-order valence-corrected chi connectivity index (χ4v) is 3.85. The summed E-state index contributed by atoms with van der Waals surface area (Å²) >= 11 is 0. The third-order valence-corrected chi connectivity index (χ3v) is 5.76. The summed E-state index contributed by atoms with van der Waals surface area (Å²) in [5.74, 6) is -0.302. The van der Waals surface area contributed by atoms with Crippen LogP contribution in [-0.2, 0) is 25.4 Å². The summed E-state index contributed by atoms with van der Waals surface area (Å²) in [6.45, 7) is 2.31. The second-order valence-corrected chi connectivity index (χ2v) is 8.32. The van der Waals surface area contributed by atoms with E-state index in [1.165, 1.54) is 24.5 Å². The number of amides is 1. The molecule has 0 radical (unpaired) electrons. The quantitative estimate of drug-likeness (QED) is 0.473. The molecule has 4 rings (SSSR count). The van der Waals surface area contributed by atoms with Crippen LogP contribution in [0, 0.1) is 0 Å². The summed E-state index contributed by atoms with van der Waals surface area (Å²) in [5, 5.41) is 2.52. The van der Waals surface area contributed by atoms with Crippen LogP contribution in [0.2, 0.25) is 0 Å². The van der Waals surface area contributed by atoms with Gasteiger partial charge in [-0.2, -0.15) is 26.3 Å². The Bertz CT molecular complexity index is 1200. The van der Waals surface area contributed by atoms with Gasteiger partial charge in [0.25, 0.3) is 5.91 Å². The number of piperazine rings is 1. The fourth-order valence-electron chi connectivity index (χ4n) is 3.85. The Labute approximate surface area is 202 Å². The molecule has 0 unspecified atom stereocenters. The Morgan fingerprint density at radius 1 is 0.917 bits per heavy atom. The first-order valence-corrected chi connectivity index (χ1v) is 11.0. The number of benzene rings is 2. The standard InChI is InChI=1S/C24H22F6N4O2/c25-23(26,27)17-4-1-3-16(11-17)13-31-22(35)20-15-36-21(32-20)14-33-7-9-34(10-8-33)19-6-2-5-18(12-19)24(28,29)30/h1-6,11-12,15H,7-10,13-14H2,(H,31,35). The highest BCUT2D eigenvalue weighted by molar-refractivity contribution is 5.91. The molecule has 0 saturated carbocycles. The lowest BCUT2D eigenvalue weighted by molar-refractivity contribution is -0.138. The number of nitrogens with zero attached hydrogens (tertiary/aromatic N) is 3. The van der Waals surface area contributed by atoms with Crippen LogP contribution in [0.4, 0.5) is 32.0 Å². The average Bonchev–Trinajstić information content (AvgIpc) is 3.31. The molecule has 192 valence electrons. The fraction of sp³-hybridized carbons (Fsp3) is 0.333. The van der Waals surface area contributed by atoms with Crippen LogP contribution in [0.3, 0.4) is 0 Å². The maximum absolute atomic E-state index is 13.0. The van der Waals surface area contributed by atoms with E-state index in [4.69, 9.17) is 4.42 Å². The van der Waals surface area contributed by atoms with Crippen LogP contribution in [0.1, 0.15) is 33.1 Å². The summed E-state index contributed by atoms with van der Waals surface area (Å²) in [5.41, 5.74) is -0.701. The third kappa shape index (κ3) is 6.36. The smallest absolute Gasteiger partial charge is 0.416 e. The van der Waals surface area contributed by atoms with Gasteiger partial charge in [-0.15, -0.1) is 0 Å². The Morgan fingerprint density at radius 3 is 2.22 bits per heavy atom. The minimum Gasteiger partial charge on any atom is -0.447 e. The normalized spacial score (nSPS) is 15.2. The van der Waals surface area contributed by atoms with Crippen molar-refractivity contribution in [2.45, 2.75) is 25.4 Å². The molecule has 36 heavy (non-hydrogen) atoms. The van der Waals surface area contributed by atoms with E-state index in [0.717, 1.165) is 24.3 Å². The van der Waals surface area contributed by atoms with Crippen LogP contribution < -0.4 is 10.2 Å². The molecule has 1 aliphatic rings. The van der Waals surface area contributed by atoms with Gasteiger partial charge < -0.3 is 14.6 Å². The van der Waals surface area contributed by atoms with Crippen molar-refractivity contribution in [3.63, 3.8) is 0 Å². The number of rotatable bonds is 6. The van der Waals surface area contributed by atoms with Crippen LogP contribution >= 0.6 is 0 Å². The van der Waals surface area contributed by atoms with Crippen LogP contribution in [0.5, 0.6) is 0 Å². The Balaban J connectivity index is 1.28. The van der Waals surface area contributed by atoms with Crippen LogP contribution in [-0.4, -0.2) is 42.0 Å². The maximum atomic E-state index is 13.0. The number of alkyl halides is 6. The summed E-state index contributed by atoms with van der Waals surface area (Å²) in [7, 11) is 0. The maximum Gasteiger partial charge on any atom is 0.416 e. The van der Waals surface area contributed by atoms with Crippen molar-refractivity contribution in [1.82, 2.24) is 15.2 Å². The molecule has 1 saturated heterocycles. The number of oxazole rings is 1. The minimum atomic E-state index is -4.47. The molecule has 0 spiro atoms. The average molecular weight is 512 g/mol. The molecule has 6 nitrogen and oxygen atoms in total. The van der Waals surface area contributed by atoms with Crippen molar-refractivity contribution in [2.24, 2.45) is 0 Å². The lowest BCUT2D eigenvalue weighted by Crippen LogP contribution is -2.46. The van der Waals surface area contributed by atoms with Gasteiger partial charge in [-0.25, -0.2) is 4.98 Å². The van der Waals surface area contributed by atoms with Gasteiger partial charge in [-0.3, -0.25) is 9.69 Å². The molecular weight excluding hydrogens is 490 g/mol. The van der Waals surface area contributed by atoms with E-state index in [1.54, 1.807) is 6.07 Å². The van der Waals surface area contributed by atoms with E-state index in [-0.39, 0.29) is 18.1 Å². The zero-order valence-electron chi connectivity index (χ0n) is 18.9. The first-order chi connectivity index (χ1) is 17.0. The molecule has 1 aromatic heterocycles. The Kier molecular flexibility index (Phi) is 7.25. The molecule has 0 aliphatic carbocycles. The van der Waals surface area contributed by atoms with Gasteiger partial charge in [0.05, 0.1) is 17.7 Å². The molecule has 0 bridgehead atoms. The van der Waals surface area contributed by atoms with Crippen molar-refractivity contribution in [3.8, 4) is 0 Å². The number of hydrogen-bond donors (Lipinski definition) is 1. The number of halogens is 6. The lowest BCUT2D eigenvalue weighted by atomic mass is 10.1. The molecule has 2 aromatic carbocycles. The Hall–Kier alpha value is -3.54. The highest BCUT2D eigenvalue weighted by Crippen LogP contribution is 2.32. The molecule has 2 heterocycles. The van der Waals surface area contributed by atoms with Gasteiger partial charge in [-0.1, -0.05) is 18.2 Å². The Morgan fingerprint density at radius 2 is 1.56 bits per heavy atom. The van der Waals surface area contributed by atoms with Gasteiger partial charge in [0, 0.05) is 38.4 Å². The SMILES string of the molecule is O=C(NCc1cccc(C(F)(F)F)c1)c1coc(CN2CCN(c3cccc(C(F)(F)F)c3)CC2)n1. The topological polar surface area (TPSA) is 61.6 Å². The highest BCUT2D eigenvalue weighted by atomic mass is 19.4. The third-order valence-electron chi connectivity index (χ3n) is 5.76. The monoisotopic (exact) mass is 512 g/mol. The molecule has 0 atom stereocenters. The number of carbonyl (C=O) groups is 1. The summed E-state index contributed by atoms with van der Waals surface area (Å²) in [6, 6.07) is 9.86. The number of hydrogen-bond acceptors (Lipinski definition) is 5. The van der Waals surface area contributed by atoms with Crippen LogP contribution in [0.15, 0.2) is 59.2 Å². The number of carbonyl (C=O) groups excluding carboxylic acids is 1. The van der Waals surface area contributed by atoms with Gasteiger partial charge >= 0.3 is 12.4 Å². The predicted molar refractivity (Wildman–Crippen MR) is 118 cm³/mol. The molecule has 1 fully saturated rings. The predicted octanol–water partition coefficient (Wildman–Crippen LogP) is 4.96. The van der Waals surface area contributed by atoms with E-state index in [0.29, 0.717) is 44.0 Å². The molecule has 12 heteroatoms. The van der Waals surface area contributed by atoms with Gasteiger partial charge in [0.1, 0.15) is 6.26 Å². The summed E-state index contributed by atoms with van der Waals surface area (Å²) < 4.78 is 82.8. The second-order valence-electron chi connectivity index (χ2n) is 8.32. The zero-order valence-corrected chi connectivity index (χ0v) is 18.9. The molecular formula is C24H22F6N4O2. The van der Waals surface area contributed by atoms with Crippen molar-refractivity contribution in [2.75, 3.05) is 31.1 Å². The molecule has 1 N–H and O–H groups in total. The van der Waals surface area contributed by atoms with E-state index in [9.17, 15) is 31.1 Å². The van der Waals surface area contributed by atoms with Gasteiger partial charge in [-0.05, 0) is 35.9 Å². The first-order valence-electron chi connectivity index (χ1n) is 11.0. The van der Waals surface area contributed by atoms with Gasteiger partial charge in [0.2, 0.25) is 5.89 Å². The lowest BCUT2D eigenvalue weighted by Gasteiger charge is -2.35. The summed E-state index contributed by atoms with van der Waals surface area (Å²) in [6.07, 6.45) is -7.70. The van der Waals surface area contributed by atoms with Crippen molar-refractivity contribution < 1.29 is 35.6 Å². The van der Waals surface area contributed by atoms with Crippen LogP contribution in [0.25, 0.3) is 0 Å². The van der Waals surface area contributed by atoms with Gasteiger partial charge in [0.15, 0.2) is 5.69 Å².